The molecule has 170 valence electrons. The summed E-state index contributed by atoms with van der Waals surface area (Å²) in [7, 11) is 3.25. The average molecular weight is 456 g/mol. The van der Waals surface area contributed by atoms with Gasteiger partial charge in [0.05, 0.1) is 27.0 Å². The number of aromatic nitrogens is 4. The number of halogens is 1. The van der Waals surface area contributed by atoms with E-state index in [-0.39, 0.29) is 0 Å². The Morgan fingerprint density at radius 1 is 1.12 bits per heavy atom. The van der Waals surface area contributed by atoms with Crippen LogP contribution in [0.15, 0.2) is 24.4 Å². The van der Waals surface area contributed by atoms with Gasteiger partial charge in [-0.3, -0.25) is 0 Å². The number of benzene rings is 1. The zero-order valence-electron chi connectivity index (χ0n) is 18.9. The van der Waals surface area contributed by atoms with Crippen LogP contribution in [0.5, 0.6) is 11.5 Å². The van der Waals surface area contributed by atoms with Gasteiger partial charge < -0.3 is 14.9 Å². The van der Waals surface area contributed by atoms with Crippen molar-refractivity contribution >= 4 is 22.6 Å². The third-order valence-corrected chi connectivity index (χ3v) is 5.27. The third kappa shape index (κ3) is 6.04. The highest BCUT2D eigenvalue weighted by Crippen LogP contribution is 2.27. The lowest BCUT2D eigenvalue weighted by Crippen LogP contribution is -2.16. The number of hydrogen-bond donors (Lipinski definition) is 1. The van der Waals surface area contributed by atoms with Crippen LogP contribution < -0.4 is 14.9 Å². The number of fused-ring (bicyclic) bond motifs is 1. The van der Waals surface area contributed by atoms with E-state index in [0.717, 1.165) is 60.9 Å². The first-order valence-corrected chi connectivity index (χ1v) is 11.5. The molecule has 0 fully saturated rings. The molecule has 0 saturated carbocycles. The zero-order valence-corrected chi connectivity index (χ0v) is 19.7. The fraction of sp³-hybridized carbons (Fsp3) is 0.458. The average Bonchev–Trinajstić information content (AvgIpc) is 3.17. The Labute approximate surface area is 194 Å². The predicted octanol–water partition coefficient (Wildman–Crippen LogP) is 4.69. The molecular weight excluding hydrogens is 426 g/mol. The van der Waals surface area contributed by atoms with Crippen LogP contribution in [0.25, 0.3) is 11.0 Å². The van der Waals surface area contributed by atoms with Crippen molar-refractivity contribution in [2.75, 3.05) is 25.5 Å². The minimum atomic E-state index is 0.539. The van der Waals surface area contributed by atoms with E-state index in [0.29, 0.717) is 29.6 Å². The number of rotatable bonds is 11. The predicted molar refractivity (Wildman–Crippen MR) is 128 cm³/mol. The Bertz CT molecular complexity index is 1090. The monoisotopic (exact) mass is 455 g/mol. The molecule has 3 aromatic rings. The maximum Gasteiger partial charge on any atom is 0.163 e. The number of ether oxygens (including phenoxy) is 2. The summed E-state index contributed by atoms with van der Waals surface area (Å²) in [5.74, 6) is 9.26. The fourth-order valence-corrected chi connectivity index (χ4v) is 3.40. The van der Waals surface area contributed by atoms with Crippen LogP contribution in [-0.2, 0) is 13.0 Å². The highest BCUT2D eigenvalue weighted by Gasteiger charge is 2.13. The SMILES string of the molecule is CCCCc1ncc2c(n1)c(C#CCCCCCl)nn2NCc1ccc(OC)c(OC)c1. The van der Waals surface area contributed by atoms with Crippen LogP contribution in [0, 0.1) is 11.8 Å². The van der Waals surface area contributed by atoms with Crippen molar-refractivity contribution in [1.82, 2.24) is 19.9 Å². The fourth-order valence-electron chi connectivity index (χ4n) is 3.21. The second-order valence-corrected chi connectivity index (χ2v) is 7.73. The summed E-state index contributed by atoms with van der Waals surface area (Å²) < 4.78 is 10.7. The minimum absolute atomic E-state index is 0.539. The first-order chi connectivity index (χ1) is 15.7. The van der Waals surface area contributed by atoms with Crippen LogP contribution in [0.4, 0.5) is 0 Å². The molecule has 0 amide bonds. The third-order valence-electron chi connectivity index (χ3n) is 5.00. The highest BCUT2D eigenvalue weighted by molar-refractivity contribution is 6.17. The molecule has 7 nitrogen and oxygen atoms in total. The van der Waals surface area contributed by atoms with Gasteiger partial charge in [0.25, 0.3) is 0 Å². The molecule has 0 saturated heterocycles. The van der Waals surface area contributed by atoms with E-state index in [1.165, 1.54) is 0 Å². The van der Waals surface area contributed by atoms with E-state index < -0.39 is 0 Å². The van der Waals surface area contributed by atoms with Gasteiger partial charge in [0.2, 0.25) is 0 Å². The lowest BCUT2D eigenvalue weighted by Gasteiger charge is -2.11. The molecule has 0 spiro atoms. The Morgan fingerprint density at radius 2 is 1.97 bits per heavy atom. The molecular formula is C24H30ClN5O2. The molecule has 1 aromatic carbocycles. The van der Waals surface area contributed by atoms with Gasteiger partial charge in [0.1, 0.15) is 16.9 Å². The summed E-state index contributed by atoms with van der Waals surface area (Å²) in [6.45, 7) is 2.70. The van der Waals surface area contributed by atoms with Crippen LogP contribution >= 0.6 is 11.6 Å². The van der Waals surface area contributed by atoms with Gasteiger partial charge in [-0.2, -0.15) is 4.79 Å². The van der Waals surface area contributed by atoms with Crippen LogP contribution in [0.1, 0.15) is 56.1 Å². The first kappa shape index (κ1) is 23.7. The summed E-state index contributed by atoms with van der Waals surface area (Å²) in [5.41, 5.74) is 6.59. The van der Waals surface area contributed by atoms with Crippen molar-refractivity contribution < 1.29 is 9.47 Å². The maximum absolute atomic E-state index is 5.76. The molecule has 0 radical (unpaired) electrons. The van der Waals surface area contributed by atoms with E-state index in [1.54, 1.807) is 19.0 Å². The van der Waals surface area contributed by atoms with Crippen molar-refractivity contribution in [3.8, 4) is 23.3 Å². The lowest BCUT2D eigenvalue weighted by molar-refractivity contribution is 0.354. The standard InChI is InChI=1S/C24H30ClN5O2/c1-4-5-11-23-26-17-20-24(28-23)19(10-8-6-7-9-14-25)29-30(20)27-16-18-12-13-21(31-2)22(15-18)32-3/h12-13,15,17,27H,4-7,9,11,14,16H2,1-3H3. The summed E-state index contributed by atoms with van der Waals surface area (Å²) in [5, 5.41) is 4.67. The molecule has 2 aromatic heterocycles. The number of alkyl halides is 1. The molecule has 0 unspecified atom stereocenters. The largest absolute Gasteiger partial charge is 0.493 e. The number of nitrogens with one attached hydrogen (secondary N) is 1. The van der Waals surface area contributed by atoms with Crippen molar-refractivity contribution in [2.45, 2.75) is 52.0 Å². The van der Waals surface area contributed by atoms with Crippen molar-refractivity contribution in [1.29, 1.82) is 0 Å². The normalized spacial score (nSPS) is 10.6. The van der Waals surface area contributed by atoms with Crippen LogP contribution in [0.2, 0.25) is 0 Å². The molecule has 8 heteroatoms. The number of hydrogen-bond acceptors (Lipinski definition) is 6. The lowest BCUT2D eigenvalue weighted by atomic mass is 10.2. The van der Waals surface area contributed by atoms with Crippen LogP contribution in [-0.4, -0.2) is 40.0 Å². The van der Waals surface area contributed by atoms with Crippen LogP contribution in [0.3, 0.4) is 0 Å². The van der Waals surface area contributed by atoms with Crippen molar-refractivity contribution in [3.05, 3.63) is 41.5 Å². The van der Waals surface area contributed by atoms with Gasteiger partial charge in [0, 0.05) is 18.7 Å². The van der Waals surface area contributed by atoms with E-state index in [1.807, 2.05) is 24.4 Å². The quantitative estimate of drug-likeness (QED) is 0.257. The number of aryl methyl sites for hydroxylation is 1. The van der Waals surface area contributed by atoms with E-state index >= 15 is 0 Å². The molecule has 0 atom stereocenters. The van der Waals surface area contributed by atoms with E-state index in [9.17, 15) is 0 Å². The van der Waals surface area contributed by atoms with Gasteiger partial charge in [-0.15, -0.1) is 16.7 Å². The number of methoxy groups -OCH3 is 2. The summed E-state index contributed by atoms with van der Waals surface area (Å²) in [6.07, 6.45) is 7.54. The van der Waals surface area contributed by atoms with Gasteiger partial charge in [-0.1, -0.05) is 25.3 Å². The van der Waals surface area contributed by atoms with Gasteiger partial charge in [-0.25, -0.2) is 9.97 Å². The Balaban J connectivity index is 1.85. The van der Waals surface area contributed by atoms with Gasteiger partial charge >= 0.3 is 0 Å². The molecule has 0 aliphatic heterocycles. The molecule has 1 N–H and O–H groups in total. The number of unbranched alkanes of at least 4 members (excludes halogenated alkanes) is 3. The zero-order chi connectivity index (χ0) is 22.8. The summed E-state index contributed by atoms with van der Waals surface area (Å²) in [6, 6.07) is 5.81. The van der Waals surface area contributed by atoms with E-state index in [2.05, 4.69) is 34.3 Å². The van der Waals surface area contributed by atoms with Gasteiger partial charge in [-0.05, 0) is 42.9 Å². The molecule has 2 heterocycles. The van der Waals surface area contributed by atoms with Gasteiger partial charge in [0.15, 0.2) is 17.2 Å². The second kappa shape index (κ2) is 12.2. The molecule has 0 aliphatic carbocycles. The smallest absolute Gasteiger partial charge is 0.163 e. The van der Waals surface area contributed by atoms with E-state index in [4.69, 9.17) is 26.1 Å². The molecule has 32 heavy (non-hydrogen) atoms. The Hall–Kier alpha value is -2.98. The summed E-state index contributed by atoms with van der Waals surface area (Å²) in [4.78, 5) is 11.0. The topological polar surface area (TPSA) is 74.1 Å². The highest BCUT2D eigenvalue weighted by atomic mass is 35.5. The summed E-state index contributed by atoms with van der Waals surface area (Å²) >= 11 is 5.76. The van der Waals surface area contributed by atoms with Crippen molar-refractivity contribution in [3.63, 3.8) is 0 Å². The van der Waals surface area contributed by atoms with Crippen molar-refractivity contribution in [2.24, 2.45) is 0 Å². The Morgan fingerprint density at radius 3 is 2.72 bits per heavy atom. The first-order valence-electron chi connectivity index (χ1n) is 10.9. The minimum Gasteiger partial charge on any atom is -0.493 e. The molecule has 0 aliphatic rings. The number of nitrogens with zero attached hydrogens (tertiary/aromatic N) is 4. The second-order valence-electron chi connectivity index (χ2n) is 7.36. The molecule has 3 rings (SSSR count). The Kier molecular flexibility index (Phi) is 9.00. The molecule has 0 bridgehead atoms. The maximum atomic E-state index is 5.76.